The summed E-state index contributed by atoms with van der Waals surface area (Å²) in [6.07, 6.45) is -3.19. The molecule has 0 bridgehead atoms. The Morgan fingerprint density at radius 2 is 1.97 bits per heavy atom. The van der Waals surface area contributed by atoms with Crippen LogP contribution in [0.15, 0.2) is 48.7 Å². The zero-order valence-electron chi connectivity index (χ0n) is 15.6. The first-order chi connectivity index (χ1) is 13.7. The number of nitrogens with one attached hydrogen (secondary N) is 1. The standard InChI is InChI=1S/C20H20F3N3O3/c1-13-16(10-17(27)26(13)11-14-6-3-2-4-7-14)25-18(28)15-8-5-9-24-19(15)29-12-20(21,22)23/h2-9,13,16H,10-12H2,1H3,(H,25,28). The van der Waals surface area contributed by atoms with Gasteiger partial charge >= 0.3 is 6.18 Å². The number of nitrogens with zero attached hydrogens (tertiary/aromatic N) is 2. The van der Waals surface area contributed by atoms with E-state index in [-0.39, 0.29) is 23.9 Å². The molecule has 2 aromatic rings. The second-order valence-corrected chi connectivity index (χ2v) is 6.79. The predicted octanol–water partition coefficient (Wildman–Crippen LogP) is 2.94. The molecule has 1 N–H and O–H groups in total. The van der Waals surface area contributed by atoms with E-state index >= 15 is 0 Å². The van der Waals surface area contributed by atoms with E-state index in [0.29, 0.717) is 6.54 Å². The third-order valence-corrected chi connectivity index (χ3v) is 4.69. The van der Waals surface area contributed by atoms with Crippen molar-refractivity contribution < 1.29 is 27.5 Å². The van der Waals surface area contributed by atoms with Crippen LogP contribution in [0, 0.1) is 0 Å². The van der Waals surface area contributed by atoms with E-state index in [0.717, 1.165) is 5.56 Å². The number of aromatic nitrogens is 1. The highest BCUT2D eigenvalue weighted by Gasteiger charge is 2.38. The maximum atomic E-state index is 12.6. The maximum absolute atomic E-state index is 12.6. The number of hydrogen-bond donors (Lipinski definition) is 1. The fraction of sp³-hybridized carbons (Fsp3) is 0.350. The Bertz CT molecular complexity index is 874. The van der Waals surface area contributed by atoms with Crippen LogP contribution in [-0.2, 0) is 11.3 Å². The number of carbonyl (C=O) groups excluding carboxylic acids is 2. The number of likely N-dealkylation sites (tertiary alicyclic amines) is 1. The fourth-order valence-electron chi connectivity index (χ4n) is 3.18. The van der Waals surface area contributed by atoms with Crippen LogP contribution in [-0.4, -0.2) is 46.6 Å². The number of carbonyl (C=O) groups is 2. The van der Waals surface area contributed by atoms with Crippen molar-refractivity contribution in [2.45, 2.75) is 38.1 Å². The lowest BCUT2D eigenvalue weighted by atomic mass is 10.1. The third-order valence-electron chi connectivity index (χ3n) is 4.69. The minimum Gasteiger partial charge on any atom is -0.467 e. The van der Waals surface area contributed by atoms with Crippen molar-refractivity contribution in [3.8, 4) is 5.88 Å². The van der Waals surface area contributed by atoms with Crippen LogP contribution in [0.25, 0.3) is 0 Å². The summed E-state index contributed by atoms with van der Waals surface area (Å²) in [5.74, 6) is -1.15. The van der Waals surface area contributed by atoms with Gasteiger partial charge in [-0.25, -0.2) is 4.98 Å². The fourth-order valence-corrected chi connectivity index (χ4v) is 3.18. The van der Waals surface area contributed by atoms with E-state index in [1.165, 1.54) is 18.3 Å². The summed E-state index contributed by atoms with van der Waals surface area (Å²) >= 11 is 0. The lowest BCUT2D eigenvalue weighted by molar-refractivity contribution is -0.154. The summed E-state index contributed by atoms with van der Waals surface area (Å²) in [4.78, 5) is 30.4. The number of amides is 2. The number of ether oxygens (including phenoxy) is 1. The van der Waals surface area contributed by atoms with Gasteiger partial charge in [0.15, 0.2) is 6.61 Å². The second-order valence-electron chi connectivity index (χ2n) is 6.79. The van der Waals surface area contributed by atoms with Gasteiger partial charge in [0.05, 0.1) is 6.04 Å². The number of pyridine rings is 1. The van der Waals surface area contributed by atoms with Gasteiger partial charge in [-0.3, -0.25) is 9.59 Å². The lowest BCUT2D eigenvalue weighted by Gasteiger charge is -2.25. The van der Waals surface area contributed by atoms with E-state index in [4.69, 9.17) is 0 Å². The van der Waals surface area contributed by atoms with Crippen LogP contribution in [0.4, 0.5) is 13.2 Å². The minimum atomic E-state index is -4.55. The number of hydrogen-bond acceptors (Lipinski definition) is 4. The van der Waals surface area contributed by atoms with Crippen molar-refractivity contribution in [1.29, 1.82) is 0 Å². The van der Waals surface area contributed by atoms with Gasteiger partial charge < -0.3 is 15.0 Å². The zero-order chi connectivity index (χ0) is 21.0. The van der Waals surface area contributed by atoms with Crippen LogP contribution in [0.2, 0.25) is 0 Å². The molecule has 1 aliphatic heterocycles. The van der Waals surface area contributed by atoms with Gasteiger partial charge in [-0.1, -0.05) is 30.3 Å². The maximum Gasteiger partial charge on any atom is 0.422 e. The lowest BCUT2D eigenvalue weighted by Crippen LogP contribution is -2.43. The average molecular weight is 407 g/mol. The van der Waals surface area contributed by atoms with Crippen LogP contribution in [0.5, 0.6) is 5.88 Å². The molecule has 1 aromatic heterocycles. The van der Waals surface area contributed by atoms with Crippen molar-refractivity contribution in [2.24, 2.45) is 0 Å². The van der Waals surface area contributed by atoms with Crippen molar-refractivity contribution >= 4 is 11.8 Å². The Morgan fingerprint density at radius 3 is 2.66 bits per heavy atom. The van der Waals surface area contributed by atoms with E-state index in [9.17, 15) is 22.8 Å². The summed E-state index contributed by atoms with van der Waals surface area (Å²) in [6, 6.07) is 11.5. The van der Waals surface area contributed by atoms with Crippen LogP contribution in [0.3, 0.4) is 0 Å². The first kappa shape index (κ1) is 20.6. The molecule has 9 heteroatoms. The summed E-state index contributed by atoms with van der Waals surface area (Å²) in [6.45, 7) is 0.691. The van der Waals surface area contributed by atoms with Crippen molar-refractivity contribution in [3.63, 3.8) is 0 Å². The molecular weight excluding hydrogens is 387 g/mol. The Hall–Kier alpha value is -3.10. The molecule has 29 heavy (non-hydrogen) atoms. The highest BCUT2D eigenvalue weighted by molar-refractivity contribution is 5.97. The average Bonchev–Trinajstić information content (AvgIpc) is 2.94. The Morgan fingerprint density at radius 1 is 1.24 bits per heavy atom. The zero-order valence-corrected chi connectivity index (χ0v) is 15.6. The van der Waals surface area contributed by atoms with Gasteiger partial charge in [-0.05, 0) is 24.6 Å². The second kappa shape index (κ2) is 8.50. The van der Waals surface area contributed by atoms with E-state index in [2.05, 4.69) is 15.0 Å². The first-order valence-electron chi connectivity index (χ1n) is 9.03. The Balaban J connectivity index is 1.67. The molecule has 0 spiro atoms. The number of rotatable bonds is 6. The quantitative estimate of drug-likeness (QED) is 0.799. The molecular formula is C20H20F3N3O3. The van der Waals surface area contributed by atoms with Gasteiger partial charge in [-0.15, -0.1) is 0 Å². The van der Waals surface area contributed by atoms with Gasteiger partial charge in [0, 0.05) is 25.2 Å². The van der Waals surface area contributed by atoms with Gasteiger partial charge in [0.1, 0.15) is 5.56 Å². The van der Waals surface area contributed by atoms with Crippen molar-refractivity contribution in [3.05, 3.63) is 59.8 Å². The molecule has 1 aromatic carbocycles. The Labute approximate surface area is 165 Å². The molecule has 2 heterocycles. The van der Waals surface area contributed by atoms with Crippen molar-refractivity contribution in [1.82, 2.24) is 15.2 Å². The van der Waals surface area contributed by atoms with E-state index in [1.54, 1.807) is 4.90 Å². The molecule has 0 saturated carbocycles. The van der Waals surface area contributed by atoms with Gasteiger partial charge in [-0.2, -0.15) is 13.2 Å². The summed E-state index contributed by atoms with van der Waals surface area (Å²) in [5.41, 5.74) is 0.854. The molecule has 2 atom stereocenters. The number of benzene rings is 1. The van der Waals surface area contributed by atoms with Crippen molar-refractivity contribution in [2.75, 3.05) is 6.61 Å². The van der Waals surface area contributed by atoms with Crippen LogP contribution in [0.1, 0.15) is 29.3 Å². The highest BCUT2D eigenvalue weighted by Crippen LogP contribution is 2.24. The van der Waals surface area contributed by atoms with E-state index in [1.807, 2.05) is 37.3 Å². The van der Waals surface area contributed by atoms with Gasteiger partial charge in [0.2, 0.25) is 11.8 Å². The largest absolute Gasteiger partial charge is 0.467 e. The van der Waals surface area contributed by atoms with Crippen LogP contribution < -0.4 is 10.1 Å². The molecule has 6 nitrogen and oxygen atoms in total. The van der Waals surface area contributed by atoms with Crippen LogP contribution >= 0.6 is 0 Å². The summed E-state index contributed by atoms with van der Waals surface area (Å²) < 4.78 is 41.9. The monoisotopic (exact) mass is 407 g/mol. The smallest absolute Gasteiger partial charge is 0.422 e. The topological polar surface area (TPSA) is 71.5 Å². The molecule has 0 radical (unpaired) electrons. The number of alkyl halides is 3. The molecule has 1 saturated heterocycles. The predicted molar refractivity (Wildman–Crippen MR) is 98.1 cm³/mol. The summed E-state index contributed by atoms with van der Waals surface area (Å²) in [5, 5.41) is 2.73. The SMILES string of the molecule is CC1C(NC(=O)c2cccnc2OCC(F)(F)F)CC(=O)N1Cc1ccccc1. The molecule has 1 fully saturated rings. The van der Waals surface area contributed by atoms with Gasteiger partial charge in [0.25, 0.3) is 5.91 Å². The molecule has 2 unspecified atom stereocenters. The highest BCUT2D eigenvalue weighted by atomic mass is 19.4. The molecule has 154 valence electrons. The minimum absolute atomic E-state index is 0.105. The number of halogens is 3. The Kier molecular flexibility index (Phi) is 6.05. The third kappa shape index (κ3) is 5.24. The first-order valence-corrected chi connectivity index (χ1v) is 9.03. The molecule has 3 rings (SSSR count). The van der Waals surface area contributed by atoms with E-state index < -0.39 is 30.6 Å². The normalized spacial score (nSPS) is 19.3. The molecule has 1 aliphatic rings. The summed E-state index contributed by atoms with van der Waals surface area (Å²) in [7, 11) is 0. The molecule has 2 amide bonds. The molecule has 0 aliphatic carbocycles.